The highest BCUT2D eigenvalue weighted by Gasteiger charge is 2.31. The van der Waals surface area contributed by atoms with Gasteiger partial charge in [-0.05, 0) is 12.8 Å². The summed E-state index contributed by atoms with van der Waals surface area (Å²) in [6.45, 7) is 0.624. The van der Waals surface area contributed by atoms with E-state index in [4.69, 9.17) is 9.84 Å². The molecule has 104 valence electrons. The van der Waals surface area contributed by atoms with E-state index >= 15 is 0 Å². The van der Waals surface area contributed by atoms with Crippen molar-refractivity contribution in [2.24, 2.45) is 5.92 Å². The summed E-state index contributed by atoms with van der Waals surface area (Å²) in [5.41, 5.74) is 0. The Kier molecular flexibility index (Phi) is 7.12. The van der Waals surface area contributed by atoms with Gasteiger partial charge in [0.25, 0.3) is 0 Å². The normalized spacial score (nSPS) is 23.6. The first-order chi connectivity index (χ1) is 8.65. The second kappa shape index (κ2) is 8.37. The van der Waals surface area contributed by atoms with Gasteiger partial charge in [0.15, 0.2) is 0 Å². The van der Waals surface area contributed by atoms with E-state index in [1.54, 1.807) is 7.11 Å². The third-order valence-corrected chi connectivity index (χ3v) is 4.02. The standard InChI is InChI=1S/C12H21NO4S/c1-17-6-7-18-8-11(14)13-10-5-3-2-4-9(10)12(15)16/h9-10H,2-8H2,1H3,(H,13,14)(H,15,16). The summed E-state index contributed by atoms with van der Waals surface area (Å²) in [5.74, 6) is -0.156. The van der Waals surface area contributed by atoms with Crippen LogP contribution in [0.4, 0.5) is 0 Å². The number of aliphatic carboxylic acids is 1. The second-order valence-corrected chi connectivity index (χ2v) is 5.55. The van der Waals surface area contributed by atoms with Crippen LogP contribution in [0.2, 0.25) is 0 Å². The predicted octanol–water partition coefficient (Wildman–Crippen LogP) is 1.13. The third-order valence-electron chi connectivity index (χ3n) is 3.09. The van der Waals surface area contributed by atoms with Crippen LogP contribution in [0, 0.1) is 5.92 Å². The Morgan fingerprint density at radius 1 is 1.39 bits per heavy atom. The van der Waals surface area contributed by atoms with E-state index in [9.17, 15) is 9.59 Å². The average Bonchev–Trinajstić information content (AvgIpc) is 2.35. The lowest BCUT2D eigenvalue weighted by Gasteiger charge is -2.29. The maximum absolute atomic E-state index is 11.7. The predicted molar refractivity (Wildman–Crippen MR) is 70.7 cm³/mol. The van der Waals surface area contributed by atoms with Crippen molar-refractivity contribution in [1.82, 2.24) is 5.32 Å². The lowest BCUT2D eigenvalue weighted by molar-refractivity contribution is -0.144. The zero-order valence-electron chi connectivity index (χ0n) is 10.7. The molecule has 0 bridgehead atoms. The van der Waals surface area contributed by atoms with Crippen LogP contribution in [0.5, 0.6) is 0 Å². The first-order valence-corrected chi connectivity index (χ1v) is 7.39. The number of amides is 1. The fraction of sp³-hybridized carbons (Fsp3) is 0.833. The summed E-state index contributed by atoms with van der Waals surface area (Å²) in [6, 6.07) is -0.202. The SMILES string of the molecule is COCCSCC(=O)NC1CCCCC1C(=O)O. The van der Waals surface area contributed by atoms with Gasteiger partial charge < -0.3 is 15.2 Å². The molecule has 0 aromatic carbocycles. The molecule has 2 atom stereocenters. The topological polar surface area (TPSA) is 75.6 Å². The van der Waals surface area contributed by atoms with Crippen molar-refractivity contribution in [1.29, 1.82) is 0 Å². The molecule has 0 radical (unpaired) electrons. The molecule has 2 N–H and O–H groups in total. The molecular weight excluding hydrogens is 254 g/mol. The van der Waals surface area contributed by atoms with E-state index < -0.39 is 11.9 Å². The van der Waals surface area contributed by atoms with E-state index in [0.717, 1.165) is 25.0 Å². The molecular formula is C12H21NO4S. The Morgan fingerprint density at radius 3 is 2.78 bits per heavy atom. The fourth-order valence-corrected chi connectivity index (χ4v) is 2.85. The summed E-state index contributed by atoms with van der Waals surface area (Å²) in [6.07, 6.45) is 3.36. The Bertz CT molecular complexity index is 285. The second-order valence-electron chi connectivity index (χ2n) is 4.45. The monoisotopic (exact) mass is 275 g/mol. The van der Waals surface area contributed by atoms with E-state index in [-0.39, 0.29) is 11.9 Å². The molecule has 1 fully saturated rings. The van der Waals surface area contributed by atoms with Gasteiger partial charge in [0.2, 0.25) is 5.91 Å². The minimum Gasteiger partial charge on any atom is -0.481 e. The van der Waals surface area contributed by atoms with E-state index in [0.29, 0.717) is 18.8 Å². The summed E-state index contributed by atoms with van der Waals surface area (Å²) >= 11 is 1.50. The van der Waals surface area contributed by atoms with Crippen LogP contribution in [0.25, 0.3) is 0 Å². The van der Waals surface area contributed by atoms with E-state index in [2.05, 4.69) is 5.32 Å². The van der Waals surface area contributed by atoms with E-state index in [1.807, 2.05) is 0 Å². The number of thioether (sulfide) groups is 1. The summed E-state index contributed by atoms with van der Waals surface area (Å²) in [7, 11) is 1.63. The zero-order valence-corrected chi connectivity index (χ0v) is 11.5. The molecule has 1 amide bonds. The number of methoxy groups -OCH3 is 1. The number of carboxylic acids is 1. The van der Waals surface area contributed by atoms with Crippen molar-refractivity contribution in [3.63, 3.8) is 0 Å². The van der Waals surface area contributed by atoms with Crippen molar-refractivity contribution >= 4 is 23.6 Å². The van der Waals surface area contributed by atoms with Gasteiger partial charge in [0.05, 0.1) is 18.3 Å². The van der Waals surface area contributed by atoms with Gasteiger partial charge in [-0.3, -0.25) is 9.59 Å². The van der Waals surface area contributed by atoms with Crippen molar-refractivity contribution in [2.45, 2.75) is 31.7 Å². The number of nitrogens with one attached hydrogen (secondary N) is 1. The lowest BCUT2D eigenvalue weighted by Crippen LogP contribution is -2.45. The minimum atomic E-state index is -0.799. The molecule has 1 rings (SSSR count). The first-order valence-electron chi connectivity index (χ1n) is 6.24. The maximum Gasteiger partial charge on any atom is 0.308 e. The van der Waals surface area contributed by atoms with Gasteiger partial charge in [0, 0.05) is 18.9 Å². The fourth-order valence-electron chi connectivity index (χ4n) is 2.15. The van der Waals surface area contributed by atoms with Crippen LogP contribution in [-0.4, -0.2) is 48.2 Å². The molecule has 0 spiro atoms. The number of hydrogen-bond donors (Lipinski definition) is 2. The molecule has 2 unspecified atom stereocenters. The molecule has 6 heteroatoms. The summed E-state index contributed by atoms with van der Waals surface area (Å²) < 4.78 is 4.89. The van der Waals surface area contributed by atoms with Crippen molar-refractivity contribution in [2.75, 3.05) is 25.2 Å². The average molecular weight is 275 g/mol. The van der Waals surface area contributed by atoms with Crippen LogP contribution in [0.3, 0.4) is 0 Å². The molecule has 0 aromatic rings. The van der Waals surface area contributed by atoms with Crippen LogP contribution in [0.15, 0.2) is 0 Å². The molecule has 5 nitrogen and oxygen atoms in total. The van der Waals surface area contributed by atoms with Gasteiger partial charge in [-0.25, -0.2) is 0 Å². The molecule has 0 aliphatic heterocycles. The zero-order chi connectivity index (χ0) is 13.4. The molecule has 1 aliphatic carbocycles. The van der Waals surface area contributed by atoms with Gasteiger partial charge in [-0.2, -0.15) is 0 Å². The summed E-state index contributed by atoms with van der Waals surface area (Å²) in [4.78, 5) is 22.7. The molecule has 0 saturated heterocycles. The smallest absolute Gasteiger partial charge is 0.308 e. The number of hydrogen-bond acceptors (Lipinski definition) is 4. The van der Waals surface area contributed by atoms with E-state index in [1.165, 1.54) is 11.8 Å². The molecule has 1 aliphatic rings. The van der Waals surface area contributed by atoms with Crippen molar-refractivity contribution < 1.29 is 19.4 Å². The van der Waals surface area contributed by atoms with Crippen LogP contribution >= 0.6 is 11.8 Å². The number of carbonyl (C=O) groups is 2. The maximum atomic E-state index is 11.7. The Labute approximate surface area is 112 Å². The van der Waals surface area contributed by atoms with Gasteiger partial charge >= 0.3 is 5.97 Å². The Morgan fingerprint density at radius 2 is 2.11 bits per heavy atom. The van der Waals surface area contributed by atoms with Gasteiger partial charge in [-0.15, -0.1) is 11.8 Å². The first kappa shape index (κ1) is 15.3. The van der Waals surface area contributed by atoms with Gasteiger partial charge in [-0.1, -0.05) is 12.8 Å². The Balaban J connectivity index is 2.30. The third kappa shape index (κ3) is 5.27. The van der Waals surface area contributed by atoms with Crippen molar-refractivity contribution in [3.8, 4) is 0 Å². The largest absolute Gasteiger partial charge is 0.481 e. The van der Waals surface area contributed by atoms with Crippen LogP contribution in [0.1, 0.15) is 25.7 Å². The summed E-state index contributed by atoms with van der Waals surface area (Å²) in [5, 5.41) is 11.9. The molecule has 0 heterocycles. The van der Waals surface area contributed by atoms with Crippen molar-refractivity contribution in [3.05, 3.63) is 0 Å². The number of rotatable bonds is 7. The quantitative estimate of drug-likeness (QED) is 0.681. The van der Waals surface area contributed by atoms with Crippen LogP contribution < -0.4 is 5.32 Å². The highest BCUT2D eigenvalue weighted by molar-refractivity contribution is 7.99. The molecule has 0 aromatic heterocycles. The number of ether oxygens (including phenoxy) is 1. The van der Waals surface area contributed by atoms with Crippen LogP contribution in [-0.2, 0) is 14.3 Å². The lowest BCUT2D eigenvalue weighted by atomic mass is 9.84. The number of carboxylic acid groups (broad SMARTS) is 1. The number of carbonyl (C=O) groups excluding carboxylic acids is 1. The van der Waals surface area contributed by atoms with Gasteiger partial charge in [0.1, 0.15) is 0 Å². The highest BCUT2D eigenvalue weighted by atomic mass is 32.2. The molecule has 1 saturated carbocycles. The Hall–Kier alpha value is -0.750. The highest BCUT2D eigenvalue weighted by Crippen LogP contribution is 2.24. The minimum absolute atomic E-state index is 0.0748. The molecule has 18 heavy (non-hydrogen) atoms.